The monoisotopic (exact) mass is 424 g/mol. The van der Waals surface area contributed by atoms with Gasteiger partial charge in [-0.05, 0) is 12.1 Å². The van der Waals surface area contributed by atoms with Crippen LogP contribution < -0.4 is 16.8 Å². The molecule has 0 spiro atoms. The molecule has 0 radical (unpaired) electrons. The maximum Gasteiger partial charge on any atom is 0.221 e. The number of amides is 1. The average Bonchev–Trinajstić information content (AvgIpc) is 3.36. The van der Waals surface area contributed by atoms with Gasteiger partial charge in [-0.25, -0.2) is 19.3 Å². The molecule has 0 saturated carbocycles. The minimum atomic E-state index is -0.343. The topological polar surface area (TPSA) is 138 Å². The number of rotatable bonds is 5. The van der Waals surface area contributed by atoms with E-state index in [-0.39, 0.29) is 41.4 Å². The summed E-state index contributed by atoms with van der Waals surface area (Å²) in [6, 6.07) is 8.22. The van der Waals surface area contributed by atoms with Gasteiger partial charge in [-0.1, -0.05) is 18.2 Å². The van der Waals surface area contributed by atoms with Crippen LogP contribution in [0.5, 0.6) is 0 Å². The summed E-state index contributed by atoms with van der Waals surface area (Å²) < 4.78 is 15.8. The van der Waals surface area contributed by atoms with Gasteiger partial charge in [0.25, 0.3) is 0 Å². The summed E-state index contributed by atoms with van der Waals surface area (Å²) in [5.74, 6) is -0.447. The zero-order valence-corrected chi connectivity index (χ0v) is 16.7. The predicted molar refractivity (Wildman–Crippen MR) is 113 cm³/mol. The molecule has 3 heterocycles. The highest BCUT2D eigenvalue weighted by Gasteiger charge is 2.19. The van der Waals surface area contributed by atoms with E-state index in [0.29, 0.717) is 22.0 Å². The van der Waals surface area contributed by atoms with Crippen molar-refractivity contribution in [3.05, 3.63) is 53.3 Å². The summed E-state index contributed by atoms with van der Waals surface area (Å²) in [5, 5.41) is 9.59. The molecule has 4 aromatic rings. The molecule has 0 bridgehead atoms. The summed E-state index contributed by atoms with van der Waals surface area (Å²) in [7, 11) is 0. The van der Waals surface area contributed by atoms with Crippen molar-refractivity contribution >= 4 is 34.6 Å². The van der Waals surface area contributed by atoms with Gasteiger partial charge in [0.05, 0.1) is 12.2 Å². The number of nitrogens with zero attached hydrogens (tertiary/aromatic N) is 5. The van der Waals surface area contributed by atoms with E-state index in [2.05, 4.69) is 25.4 Å². The van der Waals surface area contributed by atoms with Crippen LogP contribution in [-0.2, 0) is 11.3 Å². The number of nitrogen functional groups attached to an aromatic ring is 2. The number of thiazole rings is 1. The van der Waals surface area contributed by atoms with Gasteiger partial charge in [0.15, 0.2) is 17.5 Å². The first-order chi connectivity index (χ1) is 14.4. The molecule has 0 aliphatic rings. The Bertz CT molecular complexity index is 1200. The Balaban J connectivity index is 1.78. The van der Waals surface area contributed by atoms with Crippen LogP contribution in [0.3, 0.4) is 0 Å². The van der Waals surface area contributed by atoms with E-state index in [9.17, 15) is 9.18 Å². The fraction of sp³-hybridized carbons (Fsp3) is 0.105. The van der Waals surface area contributed by atoms with Gasteiger partial charge in [0.2, 0.25) is 5.91 Å². The fourth-order valence-electron chi connectivity index (χ4n) is 2.87. The first-order valence-corrected chi connectivity index (χ1v) is 9.72. The lowest BCUT2D eigenvalue weighted by Gasteiger charge is -2.09. The molecule has 0 aliphatic carbocycles. The average molecular weight is 424 g/mol. The third-order valence-electron chi connectivity index (χ3n) is 4.20. The fourth-order valence-corrected chi connectivity index (χ4v) is 3.53. The lowest BCUT2D eigenvalue weighted by atomic mass is 10.2. The Morgan fingerprint density at radius 2 is 1.97 bits per heavy atom. The highest BCUT2D eigenvalue weighted by atomic mass is 32.1. The minimum Gasteiger partial charge on any atom is -0.382 e. The Labute approximate surface area is 174 Å². The quantitative estimate of drug-likeness (QED) is 0.448. The maximum atomic E-state index is 14.2. The molecular weight excluding hydrogens is 407 g/mol. The molecule has 0 fully saturated rings. The molecule has 3 aromatic heterocycles. The Morgan fingerprint density at radius 3 is 2.60 bits per heavy atom. The van der Waals surface area contributed by atoms with Crippen molar-refractivity contribution < 1.29 is 9.18 Å². The molecule has 5 N–H and O–H groups in total. The number of hydrogen-bond acceptors (Lipinski definition) is 8. The summed E-state index contributed by atoms with van der Waals surface area (Å²) in [5.41, 5.74) is 13.6. The number of nitrogens with one attached hydrogen (secondary N) is 1. The van der Waals surface area contributed by atoms with Crippen molar-refractivity contribution in [2.75, 3.05) is 16.8 Å². The van der Waals surface area contributed by atoms with Crippen LogP contribution in [0.15, 0.2) is 41.9 Å². The van der Waals surface area contributed by atoms with Gasteiger partial charge in [0, 0.05) is 24.1 Å². The highest BCUT2D eigenvalue weighted by molar-refractivity contribution is 7.13. The second kappa shape index (κ2) is 7.87. The van der Waals surface area contributed by atoms with Crippen LogP contribution in [0.1, 0.15) is 12.5 Å². The lowest BCUT2D eigenvalue weighted by molar-refractivity contribution is -0.114. The standard InChI is InChI=1S/C19H17FN8OS/c1-10(29)24-15-16(21)25-18(26-17(15)22)13-8-14(19-23-6-7-30-19)28(27-13)9-11-4-2-3-5-12(11)20/h2-8H,9H2,1H3,(H,24,29)(H4,21,22,25,26). The molecule has 9 nitrogen and oxygen atoms in total. The summed E-state index contributed by atoms with van der Waals surface area (Å²) in [6.07, 6.45) is 1.68. The van der Waals surface area contributed by atoms with Crippen molar-refractivity contribution in [3.8, 4) is 22.2 Å². The molecule has 152 valence electrons. The third kappa shape index (κ3) is 3.82. The molecule has 0 atom stereocenters. The Kier molecular flexibility index (Phi) is 5.11. The van der Waals surface area contributed by atoms with E-state index in [4.69, 9.17) is 11.5 Å². The van der Waals surface area contributed by atoms with Crippen molar-refractivity contribution in [1.82, 2.24) is 24.7 Å². The molecule has 1 aromatic carbocycles. The Hall–Kier alpha value is -3.86. The van der Waals surface area contributed by atoms with Gasteiger partial charge in [0.1, 0.15) is 22.2 Å². The van der Waals surface area contributed by atoms with Crippen molar-refractivity contribution in [2.24, 2.45) is 0 Å². The molecule has 30 heavy (non-hydrogen) atoms. The van der Waals surface area contributed by atoms with E-state index < -0.39 is 0 Å². The first kappa shape index (κ1) is 19.5. The maximum absolute atomic E-state index is 14.2. The second-order valence-corrected chi connectivity index (χ2v) is 7.27. The van der Waals surface area contributed by atoms with Crippen molar-refractivity contribution in [1.29, 1.82) is 0 Å². The molecule has 0 unspecified atom stereocenters. The third-order valence-corrected chi connectivity index (χ3v) is 5.00. The van der Waals surface area contributed by atoms with Crippen LogP contribution in [0.2, 0.25) is 0 Å². The van der Waals surface area contributed by atoms with Crippen molar-refractivity contribution in [3.63, 3.8) is 0 Å². The smallest absolute Gasteiger partial charge is 0.221 e. The molecule has 0 saturated heterocycles. The molecule has 1 amide bonds. The number of nitrogens with two attached hydrogens (primary N) is 2. The van der Waals surface area contributed by atoms with E-state index in [0.717, 1.165) is 0 Å². The number of halogens is 1. The predicted octanol–water partition coefficient (Wildman–Crippen LogP) is 2.77. The van der Waals surface area contributed by atoms with Crippen LogP contribution in [0, 0.1) is 5.82 Å². The van der Waals surface area contributed by atoms with E-state index in [1.807, 2.05) is 5.38 Å². The summed E-state index contributed by atoms with van der Waals surface area (Å²) in [4.78, 5) is 24.1. The number of carbonyl (C=O) groups is 1. The lowest BCUT2D eigenvalue weighted by Crippen LogP contribution is -2.13. The van der Waals surface area contributed by atoms with Gasteiger partial charge in [-0.3, -0.25) is 9.48 Å². The van der Waals surface area contributed by atoms with Crippen molar-refractivity contribution in [2.45, 2.75) is 13.5 Å². The first-order valence-electron chi connectivity index (χ1n) is 8.84. The van der Waals surface area contributed by atoms with E-state index >= 15 is 0 Å². The largest absolute Gasteiger partial charge is 0.382 e. The second-order valence-electron chi connectivity index (χ2n) is 6.38. The van der Waals surface area contributed by atoms with Gasteiger partial charge < -0.3 is 16.8 Å². The molecular formula is C19H17FN8OS. The van der Waals surface area contributed by atoms with Gasteiger partial charge in [-0.15, -0.1) is 11.3 Å². The zero-order valence-electron chi connectivity index (χ0n) is 15.8. The van der Waals surface area contributed by atoms with Crippen LogP contribution >= 0.6 is 11.3 Å². The van der Waals surface area contributed by atoms with Gasteiger partial charge in [-0.2, -0.15) is 5.10 Å². The molecule has 11 heteroatoms. The highest BCUT2D eigenvalue weighted by Crippen LogP contribution is 2.30. The minimum absolute atomic E-state index is 0.0205. The zero-order chi connectivity index (χ0) is 21.3. The number of carbonyl (C=O) groups excluding carboxylic acids is 1. The van der Waals surface area contributed by atoms with Crippen LogP contribution in [0.4, 0.5) is 21.7 Å². The molecule has 0 aliphatic heterocycles. The number of anilines is 3. The number of benzene rings is 1. The SMILES string of the molecule is CC(=O)Nc1c(N)nc(-c2cc(-c3nccs3)n(Cc3ccccc3F)n2)nc1N. The summed E-state index contributed by atoms with van der Waals surface area (Å²) >= 11 is 1.43. The normalized spacial score (nSPS) is 10.9. The van der Waals surface area contributed by atoms with E-state index in [1.54, 1.807) is 35.1 Å². The number of hydrogen-bond donors (Lipinski definition) is 3. The number of aromatic nitrogens is 5. The van der Waals surface area contributed by atoms with Crippen LogP contribution in [0.25, 0.3) is 22.2 Å². The Morgan fingerprint density at radius 1 is 1.23 bits per heavy atom. The summed E-state index contributed by atoms with van der Waals surface area (Å²) in [6.45, 7) is 1.52. The van der Waals surface area contributed by atoms with E-state index in [1.165, 1.54) is 24.3 Å². The van der Waals surface area contributed by atoms with Gasteiger partial charge >= 0.3 is 0 Å². The molecule has 4 rings (SSSR count). The van der Waals surface area contributed by atoms with Crippen LogP contribution in [-0.4, -0.2) is 30.6 Å².